The predicted molar refractivity (Wildman–Crippen MR) is 87.2 cm³/mol. The number of alkyl halides is 3. The first kappa shape index (κ1) is 18.0. The van der Waals surface area contributed by atoms with Gasteiger partial charge in [0.15, 0.2) is 6.61 Å². The number of H-pyrrole nitrogens is 1. The van der Waals surface area contributed by atoms with E-state index in [0.29, 0.717) is 13.1 Å². The van der Waals surface area contributed by atoms with Gasteiger partial charge in [-0.05, 0) is 31.0 Å². The minimum Gasteiger partial charge on any atom is -0.485 e. The van der Waals surface area contributed by atoms with Crippen LogP contribution in [-0.4, -0.2) is 41.3 Å². The third-order valence-electron chi connectivity index (χ3n) is 4.18. The van der Waals surface area contributed by atoms with Crippen molar-refractivity contribution < 1.29 is 27.5 Å². The normalized spacial score (nSPS) is 14.5. The number of halogens is 3. The Kier molecular flexibility index (Phi) is 5.01. The predicted octanol–water partition coefficient (Wildman–Crippen LogP) is 3.53. The Morgan fingerprint density at radius 3 is 2.54 bits per heavy atom. The molecule has 1 fully saturated rings. The molecule has 26 heavy (non-hydrogen) atoms. The van der Waals surface area contributed by atoms with Gasteiger partial charge in [0.2, 0.25) is 5.78 Å². The van der Waals surface area contributed by atoms with Gasteiger partial charge in [-0.3, -0.25) is 9.59 Å². The summed E-state index contributed by atoms with van der Waals surface area (Å²) in [7, 11) is 0. The number of aromatic amines is 1. The van der Waals surface area contributed by atoms with Crippen molar-refractivity contribution in [3.05, 3.63) is 53.3 Å². The molecule has 2 heterocycles. The molecular formula is C18H17F3N2O3. The third kappa shape index (κ3) is 3.89. The van der Waals surface area contributed by atoms with E-state index < -0.39 is 29.9 Å². The molecule has 1 aromatic heterocycles. The lowest BCUT2D eigenvalue weighted by Gasteiger charge is -2.13. The van der Waals surface area contributed by atoms with Gasteiger partial charge >= 0.3 is 6.18 Å². The number of ether oxygens (including phenoxy) is 1. The molecule has 1 saturated heterocycles. The molecule has 5 nitrogen and oxygen atoms in total. The van der Waals surface area contributed by atoms with E-state index in [-0.39, 0.29) is 17.2 Å². The fraction of sp³-hybridized carbons (Fsp3) is 0.333. The molecule has 3 rings (SSSR count). The maximum atomic E-state index is 12.9. The maximum Gasteiger partial charge on any atom is 0.419 e. The quantitative estimate of drug-likeness (QED) is 0.824. The Morgan fingerprint density at radius 2 is 1.85 bits per heavy atom. The SMILES string of the molecule is O=C(COc1ccccc1C(F)(F)F)c1c[nH]c(C(=O)N2CCCC2)c1. The zero-order chi connectivity index (χ0) is 18.7. The summed E-state index contributed by atoms with van der Waals surface area (Å²) < 4.78 is 43.8. The number of carbonyl (C=O) groups is 2. The zero-order valence-electron chi connectivity index (χ0n) is 13.8. The van der Waals surface area contributed by atoms with Gasteiger partial charge in [0, 0.05) is 24.8 Å². The number of likely N-dealkylation sites (tertiary alicyclic amines) is 1. The Labute approximate surface area is 147 Å². The van der Waals surface area contributed by atoms with Gasteiger partial charge in [0.1, 0.15) is 11.4 Å². The largest absolute Gasteiger partial charge is 0.485 e. The number of carbonyl (C=O) groups excluding carboxylic acids is 2. The summed E-state index contributed by atoms with van der Waals surface area (Å²) in [5, 5.41) is 0. The molecule has 1 aliphatic heterocycles. The molecule has 1 aromatic carbocycles. The smallest absolute Gasteiger partial charge is 0.419 e. The molecule has 1 N–H and O–H groups in total. The number of hydrogen-bond donors (Lipinski definition) is 1. The summed E-state index contributed by atoms with van der Waals surface area (Å²) in [5.74, 6) is -1.11. The van der Waals surface area contributed by atoms with Gasteiger partial charge in [-0.25, -0.2) is 0 Å². The highest BCUT2D eigenvalue weighted by Gasteiger charge is 2.34. The molecule has 0 aliphatic carbocycles. The van der Waals surface area contributed by atoms with Crippen LogP contribution >= 0.6 is 0 Å². The van der Waals surface area contributed by atoms with E-state index in [1.807, 2.05) is 0 Å². The van der Waals surface area contributed by atoms with Gasteiger partial charge in [-0.1, -0.05) is 12.1 Å². The molecule has 0 spiro atoms. The van der Waals surface area contributed by atoms with E-state index in [9.17, 15) is 22.8 Å². The lowest BCUT2D eigenvalue weighted by atomic mass is 10.2. The van der Waals surface area contributed by atoms with E-state index in [4.69, 9.17) is 4.74 Å². The molecular weight excluding hydrogens is 349 g/mol. The van der Waals surface area contributed by atoms with Crippen LogP contribution in [0.3, 0.4) is 0 Å². The number of hydrogen-bond acceptors (Lipinski definition) is 3. The van der Waals surface area contributed by atoms with Crippen LogP contribution in [0.15, 0.2) is 36.5 Å². The average Bonchev–Trinajstić information content (AvgIpc) is 3.30. The van der Waals surface area contributed by atoms with Gasteiger partial charge in [-0.15, -0.1) is 0 Å². The van der Waals surface area contributed by atoms with Crippen LogP contribution in [0.2, 0.25) is 0 Å². The number of amides is 1. The van der Waals surface area contributed by atoms with Crippen LogP contribution in [0.4, 0.5) is 13.2 Å². The molecule has 0 atom stereocenters. The third-order valence-corrected chi connectivity index (χ3v) is 4.18. The number of aromatic nitrogens is 1. The van der Waals surface area contributed by atoms with Gasteiger partial charge in [0.25, 0.3) is 5.91 Å². The first-order chi connectivity index (χ1) is 12.4. The summed E-state index contributed by atoms with van der Waals surface area (Å²) in [5.41, 5.74) is -0.463. The topological polar surface area (TPSA) is 62.4 Å². The van der Waals surface area contributed by atoms with Crippen molar-refractivity contribution in [2.45, 2.75) is 19.0 Å². The van der Waals surface area contributed by atoms with Crippen molar-refractivity contribution >= 4 is 11.7 Å². The van der Waals surface area contributed by atoms with E-state index >= 15 is 0 Å². The van der Waals surface area contributed by atoms with Crippen LogP contribution in [0.1, 0.15) is 39.3 Å². The average molecular weight is 366 g/mol. The Balaban J connectivity index is 1.66. The second kappa shape index (κ2) is 7.23. The van der Waals surface area contributed by atoms with Crippen LogP contribution in [0.25, 0.3) is 0 Å². The first-order valence-corrected chi connectivity index (χ1v) is 8.16. The molecule has 0 bridgehead atoms. The van der Waals surface area contributed by atoms with Gasteiger partial charge in [-0.2, -0.15) is 13.2 Å². The number of Topliss-reactive ketones (excluding diaryl/α,β-unsaturated/α-hetero) is 1. The molecule has 138 valence electrons. The van der Waals surface area contributed by atoms with Crippen LogP contribution in [0, 0.1) is 0 Å². The highest BCUT2D eigenvalue weighted by molar-refractivity contribution is 6.01. The molecule has 2 aromatic rings. The Morgan fingerprint density at radius 1 is 1.15 bits per heavy atom. The number of ketones is 1. The van der Waals surface area contributed by atoms with E-state index in [2.05, 4.69) is 4.98 Å². The summed E-state index contributed by atoms with van der Waals surface area (Å²) in [6.45, 7) is 0.805. The summed E-state index contributed by atoms with van der Waals surface area (Å²) in [6, 6.07) is 6.11. The van der Waals surface area contributed by atoms with E-state index in [1.54, 1.807) is 4.90 Å². The molecule has 0 radical (unpaired) electrons. The van der Waals surface area contributed by atoms with Crippen LogP contribution < -0.4 is 4.74 Å². The fourth-order valence-corrected chi connectivity index (χ4v) is 2.82. The van der Waals surface area contributed by atoms with Crippen molar-refractivity contribution in [1.82, 2.24) is 9.88 Å². The fourth-order valence-electron chi connectivity index (χ4n) is 2.82. The summed E-state index contributed by atoms with van der Waals surface area (Å²) in [6.07, 6.45) is -1.30. The molecule has 1 aliphatic rings. The number of benzene rings is 1. The summed E-state index contributed by atoms with van der Waals surface area (Å²) in [4.78, 5) is 28.9. The van der Waals surface area contributed by atoms with Crippen molar-refractivity contribution in [2.75, 3.05) is 19.7 Å². The van der Waals surface area contributed by atoms with Gasteiger partial charge < -0.3 is 14.6 Å². The Hall–Kier alpha value is -2.77. The number of para-hydroxylation sites is 1. The molecule has 0 saturated carbocycles. The zero-order valence-corrected chi connectivity index (χ0v) is 13.8. The lowest BCUT2D eigenvalue weighted by molar-refractivity contribution is -0.138. The van der Waals surface area contributed by atoms with Crippen LogP contribution in [0.5, 0.6) is 5.75 Å². The molecule has 0 unspecified atom stereocenters. The van der Waals surface area contributed by atoms with E-state index in [0.717, 1.165) is 25.0 Å². The van der Waals surface area contributed by atoms with Gasteiger partial charge in [0.05, 0.1) is 5.56 Å². The molecule has 1 amide bonds. The number of nitrogens with one attached hydrogen (secondary N) is 1. The standard InChI is InChI=1S/C18H17F3N2O3/c19-18(20,21)13-5-1-2-6-16(13)26-11-15(24)12-9-14(22-10-12)17(25)23-7-3-4-8-23/h1-2,5-6,9-10,22H,3-4,7-8,11H2. The second-order valence-electron chi connectivity index (χ2n) is 6.01. The monoisotopic (exact) mass is 366 g/mol. The molecule has 8 heteroatoms. The first-order valence-electron chi connectivity index (χ1n) is 8.16. The van der Waals surface area contributed by atoms with Crippen molar-refractivity contribution in [3.8, 4) is 5.75 Å². The Bertz CT molecular complexity index is 808. The minimum atomic E-state index is -4.57. The number of rotatable bonds is 5. The van der Waals surface area contributed by atoms with Crippen molar-refractivity contribution in [2.24, 2.45) is 0 Å². The highest BCUT2D eigenvalue weighted by Crippen LogP contribution is 2.35. The second-order valence-corrected chi connectivity index (χ2v) is 6.01. The van der Waals surface area contributed by atoms with Crippen LogP contribution in [-0.2, 0) is 6.18 Å². The summed E-state index contributed by atoms with van der Waals surface area (Å²) >= 11 is 0. The number of nitrogens with zero attached hydrogens (tertiary/aromatic N) is 1. The maximum absolute atomic E-state index is 12.9. The van der Waals surface area contributed by atoms with Crippen molar-refractivity contribution in [3.63, 3.8) is 0 Å². The lowest BCUT2D eigenvalue weighted by Crippen LogP contribution is -2.27. The van der Waals surface area contributed by atoms with E-state index in [1.165, 1.54) is 24.4 Å². The van der Waals surface area contributed by atoms with Crippen molar-refractivity contribution in [1.29, 1.82) is 0 Å². The highest BCUT2D eigenvalue weighted by atomic mass is 19.4. The minimum absolute atomic E-state index is 0.190.